The van der Waals surface area contributed by atoms with E-state index in [2.05, 4.69) is 15.4 Å². The van der Waals surface area contributed by atoms with Gasteiger partial charge in [0.2, 0.25) is 5.91 Å². The summed E-state index contributed by atoms with van der Waals surface area (Å²) >= 11 is 1.36. The van der Waals surface area contributed by atoms with Crippen molar-refractivity contribution < 1.29 is 14.5 Å². The van der Waals surface area contributed by atoms with E-state index in [1.807, 2.05) is 18.2 Å². The fraction of sp³-hybridized carbons (Fsp3) is 0.211. The molecule has 0 atom stereocenters. The maximum absolute atomic E-state index is 12.1. The summed E-state index contributed by atoms with van der Waals surface area (Å²) in [7, 11) is 1.39. The van der Waals surface area contributed by atoms with E-state index in [0.717, 1.165) is 11.3 Å². The number of nitro benzene ring substituents is 1. The molecular weight excluding hydrogens is 394 g/mol. The van der Waals surface area contributed by atoms with Gasteiger partial charge in [-0.05, 0) is 23.8 Å². The smallest absolute Gasteiger partial charge is 0.311 e. The summed E-state index contributed by atoms with van der Waals surface area (Å²) in [5, 5.41) is 18.1. The first-order valence-corrected chi connectivity index (χ1v) is 9.83. The Hall–Kier alpha value is -3.40. The van der Waals surface area contributed by atoms with E-state index < -0.39 is 4.92 Å². The van der Waals surface area contributed by atoms with Crippen LogP contribution in [-0.4, -0.2) is 38.5 Å². The highest BCUT2D eigenvalue weighted by atomic mass is 32.2. The Balaban J connectivity index is 1.48. The molecule has 2 heterocycles. The number of nitro groups is 1. The Morgan fingerprint density at radius 1 is 1.31 bits per heavy atom. The molecule has 0 unspecified atom stereocenters. The number of nitrogens with zero attached hydrogens (tertiary/aromatic N) is 4. The number of amides is 1. The molecule has 0 aliphatic heterocycles. The molecule has 1 amide bonds. The number of methoxy groups -OCH3 is 1. The Morgan fingerprint density at radius 2 is 2.17 bits per heavy atom. The van der Waals surface area contributed by atoms with Gasteiger partial charge in [0.15, 0.2) is 11.6 Å². The lowest BCUT2D eigenvalue weighted by molar-refractivity contribution is -0.385. The molecule has 29 heavy (non-hydrogen) atoms. The molecule has 0 spiro atoms. The summed E-state index contributed by atoms with van der Waals surface area (Å²) in [6.07, 6.45) is 3.49. The number of benzene rings is 1. The van der Waals surface area contributed by atoms with Crippen LogP contribution in [0.25, 0.3) is 0 Å². The Bertz CT molecular complexity index is 993. The number of thioether (sulfide) groups is 1. The summed E-state index contributed by atoms with van der Waals surface area (Å²) in [5.74, 6) is 1.15. The van der Waals surface area contributed by atoms with Gasteiger partial charge in [0.25, 0.3) is 0 Å². The van der Waals surface area contributed by atoms with Gasteiger partial charge < -0.3 is 10.1 Å². The molecule has 3 rings (SSSR count). The molecule has 0 fully saturated rings. The first-order chi connectivity index (χ1) is 14.0. The number of nitrogens with one attached hydrogen (secondary N) is 1. The van der Waals surface area contributed by atoms with Gasteiger partial charge >= 0.3 is 5.69 Å². The van der Waals surface area contributed by atoms with E-state index in [0.29, 0.717) is 18.1 Å². The van der Waals surface area contributed by atoms with Crippen molar-refractivity contribution in [3.8, 4) is 5.75 Å². The monoisotopic (exact) mass is 413 g/mol. The van der Waals surface area contributed by atoms with Crippen LogP contribution in [0.1, 0.15) is 11.3 Å². The topological polar surface area (TPSA) is 112 Å². The third kappa shape index (κ3) is 5.79. The van der Waals surface area contributed by atoms with Gasteiger partial charge in [-0.25, -0.2) is 0 Å². The van der Waals surface area contributed by atoms with Crippen LogP contribution in [0.15, 0.2) is 54.9 Å². The number of ether oxygens (including phenoxy) is 1. The molecule has 1 aromatic carbocycles. The standard InChI is InChI=1S/C19H19N5O4S/c1-28-17-6-5-14(10-16(17)24(26)27)12-29-13-19(25)21-18-7-9-23(22-18)11-15-4-2-3-8-20-15/h2-10H,11-13H2,1H3,(H,21,22,25). The van der Waals surface area contributed by atoms with Crippen LogP contribution in [0.5, 0.6) is 5.75 Å². The average Bonchev–Trinajstić information content (AvgIpc) is 3.15. The lowest BCUT2D eigenvalue weighted by atomic mass is 10.2. The van der Waals surface area contributed by atoms with Gasteiger partial charge in [0, 0.05) is 30.3 Å². The zero-order valence-electron chi connectivity index (χ0n) is 15.6. The first kappa shape index (κ1) is 20.3. The zero-order valence-corrected chi connectivity index (χ0v) is 16.5. The lowest BCUT2D eigenvalue weighted by Crippen LogP contribution is -2.15. The fourth-order valence-corrected chi connectivity index (χ4v) is 3.36. The molecule has 9 nitrogen and oxygen atoms in total. The summed E-state index contributed by atoms with van der Waals surface area (Å²) in [4.78, 5) is 27.0. The normalized spacial score (nSPS) is 10.5. The van der Waals surface area contributed by atoms with Crippen LogP contribution in [0, 0.1) is 10.1 Å². The molecular formula is C19H19N5O4S. The summed E-state index contributed by atoms with van der Waals surface area (Å²) in [5.41, 5.74) is 1.53. The number of hydrogen-bond acceptors (Lipinski definition) is 7. The maximum atomic E-state index is 12.1. The van der Waals surface area contributed by atoms with Gasteiger partial charge in [0.05, 0.1) is 30.0 Å². The van der Waals surface area contributed by atoms with Crippen LogP contribution in [0.3, 0.4) is 0 Å². The minimum Gasteiger partial charge on any atom is -0.490 e. The molecule has 1 N–H and O–H groups in total. The van der Waals surface area contributed by atoms with Crippen molar-refractivity contribution in [1.29, 1.82) is 0 Å². The number of hydrogen-bond donors (Lipinski definition) is 1. The second kappa shape index (κ2) is 9.69. The highest BCUT2D eigenvalue weighted by Gasteiger charge is 2.15. The van der Waals surface area contributed by atoms with Gasteiger partial charge in [-0.3, -0.25) is 24.6 Å². The summed E-state index contributed by atoms with van der Waals surface area (Å²) in [6, 6.07) is 12.1. The van der Waals surface area contributed by atoms with Gasteiger partial charge in [0.1, 0.15) is 0 Å². The third-order valence-electron chi connectivity index (χ3n) is 3.90. The SMILES string of the molecule is COc1ccc(CSCC(=O)Nc2ccn(Cc3ccccn3)n2)cc1[N+](=O)[O-]. The number of aromatic nitrogens is 3. The predicted octanol–water partition coefficient (Wildman–Crippen LogP) is 3.12. The average molecular weight is 413 g/mol. The van der Waals surface area contributed by atoms with E-state index in [9.17, 15) is 14.9 Å². The molecule has 0 aliphatic rings. The number of carbonyl (C=O) groups is 1. The van der Waals surface area contributed by atoms with Crippen molar-refractivity contribution in [3.05, 3.63) is 76.2 Å². The Kier molecular flexibility index (Phi) is 6.80. The quantitative estimate of drug-likeness (QED) is 0.424. The Labute approximate surface area is 171 Å². The molecule has 150 valence electrons. The highest BCUT2D eigenvalue weighted by Crippen LogP contribution is 2.29. The third-order valence-corrected chi connectivity index (χ3v) is 4.90. The molecule has 0 radical (unpaired) electrons. The fourth-order valence-electron chi connectivity index (χ4n) is 2.58. The molecule has 0 saturated heterocycles. The van der Waals surface area contributed by atoms with Crippen molar-refractivity contribution in [2.24, 2.45) is 0 Å². The van der Waals surface area contributed by atoms with Crippen LogP contribution in [0.2, 0.25) is 0 Å². The van der Waals surface area contributed by atoms with Crippen molar-refractivity contribution in [1.82, 2.24) is 14.8 Å². The molecule has 2 aromatic heterocycles. The second-order valence-electron chi connectivity index (χ2n) is 6.02. The zero-order chi connectivity index (χ0) is 20.6. The molecule has 0 bridgehead atoms. The number of rotatable bonds is 9. The minimum absolute atomic E-state index is 0.0894. The molecule has 0 saturated carbocycles. The van der Waals surface area contributed by atoms with Crippen molar-refractivity contribution in [3.63, 3.8) is 0 Å². The van der Waals surface area contributed by atoms with E-state index in [4.69, 9.17) is 4.74 Å². The van der Waals surface area contributed by atoms with Crippen LogP contribution < -0.4 is 10.1 Å². The van der Waals surface area contributed by atoms with E-state index in [-0.39, 0.29) is 23.1 Å². The van der Waals surface area contributed by atoms with Crippen molar-refractivity contribution >= 4 is 29.2 Å². The molecule has 3 aromatic rings. The maximum Gasteiger partial charge on any atom is 0.311 e. The van der Waals surface area contributed by atoms with E-state index in [1.54, 1.807) is 35.3 Å². The van der Waals surface area contributed by atoms with Crippen LogP contribution in [-0.2, 0) is 17.1 Å². The molecule has 0 aliphatic carbocycles. The number of anilines is 1. The first-order valence-electron chi connectivity index (χ1n) is 8.67. The van der Waals surface area contributed by atoms with E-state index >= 15 is 0 Å². The minimum atomic E-state index is -0.485. The number of pyridine rings is 1. The van der Waals surface area contributed by atoms with Gasteiger partial charge in [-0.15, -0.1) is 11.8 Å². The van der Waals surface area contributed by atoms with Gasteiger partial charge in [-0.2, -0.15) is 5.10 Å². The van der Waals surface area contributed by atoms with E-state index in [1.165, 1.54) is 24.9 Å². The largest absolute Gasteiger partial charge is 0.490 e. The molecule has 10 heteroatoms. The summed E-state index contributed by atoms with van der Waals surface area (Å²) in [6.45, 7) is 0.516. The van der Waals surface area contributed by atoms with Gasteiger partial charge in [-0.1, -0.05) is 12.1 Å². The summed E-state index contributed by atoms with van der Waals surface area (Å²) < 4.78 is 6.68. The van der Waals surface area contributed by atoms with Crippen LogP contribution >= 0.6 is 11.8 Å². The van der Waals surface area contributed by atoms with Crippen molar-refractivity contribution in [2.75, 3.05) is 18.2 Å². The van der Waals surface area contributed by atoms with Crippen molar-refractivity contribution in [2.45, 2.75) is 12.3 Å². The highest BCUT2D eigenvalue weighted by molar-refractivity contribution is 7.99. The Morgan fingerprint density at radius 3 is 2.90 bits per heavy atom. The second-order valence-corrected chi connectivity index (χ2v) is 7.01. The number of carbonyl (C=O) groups excluding carboxylic acids is 1. The lowest BCUT2D eigenvalue weighted by Gasteiger charge is -2.05. The predicted molar refractivity (Wildman–Crippen MR) is 110 cm³/mol. The van der Waals surface area contributed by atoms with Crippen LogP contribution in [0.4, 0.5) is 11.5 Å².